The predicted molar refractivity (Wildman–Crippen MR) is 105 cm³/mol. The third kappa shape index (κ3) is 4.96. The average molecular weight is 460 g/mol. The first-order valence-corrected chi connectivity index (χ1v) is 11.2. The Morgan fingerprint density at radius 1 is 1.29 bits per heavy atom. The number of benzene rings is 1. The van der Waals surface area contributed by atoms with Gasteiger partial charge in [0.1, 0.15) is 5.75 Å². The molecular formula is C19H23F3N4O4S. The van der Waals surface area contributed by atoms with Gasteiger partial charge in [0.2, 0.25) is 0 Å². The van der Waals surface area contributed by atoms with Crippen molar-refractivity contribution in [1.29, 1.82) is 0 Å². The highest BCUT2D eigenvalue weighted by atomic mass is 32.2. The Labute approximate surface area is 178 Å². The molecule has 2 saturated heterocycles. The molecule has 2 fully saturated rings. The molecule has 1 aromatic carbocycles. The maximum atomic E-state index is 13.1. The second-order valence-corrected chi connectivity index (χ2v) is 9.70. The van der Waals surface area contributed by atoms with Gasteiger partial charge in [-0.05, 0) is 30.4 Å². The van der Waals surface area contributed by atoms with Crippen LogP contribution in [0.1, 0.15) is 6.42 Å². The van der Waals surface area contributed by atoms with E-state index in [1.54, 1.807) is 17.7 Å². The SMILES string of the molecule is Cn1cnc(S(=O)(=O)N2CC(Nc3cccc(OC(F)(F)F)c3)C(C3CCOC3)C2)c1. The standard InChI is InChI=1S/C19H23F3N4O4S/c1-25-10-18(23-12-25)31(27,28)26-8-16(13-5-6-29-11-13)17(9-26)24-14-3-2-4-15(7-14)30-19(20,21)22/h2-4,7,10,12-13,16-17,24H,5-6,8-9,11H2,1H3. The normalized spacial score (nSPS) is 25.1. The summed E-state index contributed by atoms with van der Waals surface area (Å²) in [5.74, 6) is -0.251. The molecule has 2 aliphatic rings. The predicted octanol–water partition coefficient (Wildman–Crippen LogP) is 2.46. The fourth-order valence-electron chi connectivity index (χ4n) is 4.16. The van der Waals surface area contributed by atoms with Crippen molar-refractivity contribution >= 4 is 15.7 Å². The highest BCUT2D eigenvalue weighted by molar-refractivity contribution is 7.89. The quantitative estimate of drug-likeness (QED) is 0.713. The first-order valence-electron chi connectivity index (χ1n) is 9.80. The Bertz CT molecular complexity index is 1020. The summed E-state index contributed by atoms with van der Waals surface area (Å²) < 4.78 is 76.2. The highest BCUT2D eigenvalue weighted by Gasteiger charge is 2.44. The van der Waals surface area contributed by atoms with Gasteiger partial charge in [-0.3, -0.25) is 0 Å². The van der Waals surface area contributed by atoms with Crippen molar-refractivity contribution in [3.8, 4) is 5.75 Å². The molecule has 0 spiro atoms. The van der Waals surface area contributed by atoms with Crippen LogP contribution in [-0.4, -0.2) is 61.0 Å². The molecule has 3 atom stereocenters. The molecule has 3 unspecified atom stereocenters. The number of alkyl halides is 3. The van der Waals surface area contributed by atoms with Crippen LogP contribution in [0.15, 0.2) is 41.8 Å². The summed E-state index contributed by atoms with van der Waals surface area (Å²) in [5, 5.41) is 3.19. The number of halogens is 3. The lowest BCUT2D eigenvalue weighted by Gasteiger charge is -2.25. The molecule has 1 N–H and O–H groups in total. The zero-order valence-electron chi connectivity index (χ0n) is 16.7. The Balaban J connectivity index is 1.56. The van der Waals surface area contributed by atoms with E-state index in [1.807, 2.05) is 0 Å². The summed E-state index contributed by atoms with van der Waals surface area (Å²) >= 11 is 0. The van der Waals surface area contributed by atoms with E-state index in [-0.39, 0.29) is 41.7 Å². The summed E-state index contributed by atoms with van der Waals surface area (Å²) in [6.45, 7) is 1.58. The number of nitrogens with one attached hydrogen (secondary N) is 1. The Morgan fingerprint density at radius 2 is 2.10 bits per heavy atom. The second-order valence-electron chi connectivity index (χ2n) is 7.81. The van der Waals surface area contributed by atoms with Crippen molar-refractivity contribution in [2.75, 3.05) is 31.6 Å². The van der Waals surface area contributed by atoms with Crippen LogP contribution in [0.25, 0.3) is 0 Å². The summed E-state index contributed by atoms with van der Waals surface area (Å²) in [7, 11) is -2.10. The molecule has 12 heteroatoms. The first kappa shape index (κ1) is 21.9. The molecule has 0 aliphatic carbocycles. The van der Waals surface area contributed by atoms with E-state index in [0.29, 0.717) is 18.9 Å². The van der Waals surface area contributed by atoms with Crippen molar-refractivity contribution in [2.24, 2.45) is 18.9 Å². The number of hydrogen-bond donors (Lipinski definition) is 1. The van der Waals surface area contributed by atoms with Gasteiger partial charge in [-0.25, -0.2) is 13.4 Å². The lowest BCUT2D eigenvalue weighted by molar-refractivity contribution is -0.274. The minimum absolute atomic E-state index is 0.0300. The third-order valence-corrected chi connectivity index (χ3v) is 7.32. The molecule has 0 radical (unpaired) electrons. The van der Waals surface area contributed by atoms with E-state index >= 15 is 0 Å². The van der Waals surface area contributed by atoms with Crippen molar-refractivity contribution in [2.45, 2.75) is 23.9 Å². The number of aryl methyl sites for hydroxylation is 1. The fraction of sp³-hybridized carbons (Fsp3) is 0.526. The van der Waals surface area contributed by atoms with Crippen molar-refractivity contribution in [3.05, 3.63) is 36.8 Å². The van der Waals surface area contributed by atoms with Gasteiger partial charge in [0, 0.05) is 57.3 Å². The lowest BCUT2D eigenvalue weighted by atomic mass is 9.87. The largest absolute Gasteiger partial charge is 0.573 e. The molecular weight excluding hydrogens is 437 g/mol. The number of ether oxygens (including phenoxy) is 2. The molecule has 31 heavy (non-hydrogen) atoms. The molecule has 0 amide bonds. The van der Waals surface area contributed by atoms with Gasteiger partial charge in [-0.15, -0.1) is 13.2 Å². The number of nitrogens with zero attached hydrogens (tertiary/aromatic N) is 3. The van der Waals surface area contributed by atoms with E-state index < -0.39 is 16.4 Å². The smallest absolute Gasteiger partial charge is 0.406 e. The van der Waals surface area contributed by atoms with Crippen LogP contribution in [0, 0.1) is 11.8 Å². The summed E-state index contributed by atoms with van der Waals surface area (Å²) in [5.41, 5.74) is 0.424. The maximum absolute atomic E-state index is 13.1. The van der Waals surface area contributed by atoms with Crippen molar-refractivity contribution in [3.63, 3.8) is 0 Å². The fourth-order valence-corrected chi connectivity index (χ4v) is 5.63. The summed E-state index contributed by atoms with van der Waals surface area (Å²) in [6, 6.07) is 5.25. The second kappa shape index (κ2) is 8.32. The molecule has 0 bridgehead atoms. The zero-order chi connectivity index (χ0) is 22.2. The van der Waals surface area contributed by atoms with Crippen LogP contribution >= 0.6 is 0 Å². The maximum Gasteiger partial charge on any atom is 0.573 e. The topological polar surface area (TPSA) is 85.7 Å². The van der Waals surface area contributed by atoms with E-state index in [0.717, 1.165) is 6.42 Å². The van der Waals surface area contributed by atoms with E-state index in [1.165, 1.54) is 35.0 Å². The molecule has 8 nitrogen and oxygen atoms in total. The van der Waals surface area contributed by atoms with Crippen LogP contribution in [0.3, 0.4) is 0 Å². The van der Waals surface area contributed by atoms with Gasteiger partial charge in [0.15, 0.2) is 5.03 Å². The van der Waals surface area contributed by atoms with Gasteiger partial charge in [0.05, 0.1) is 6.33 Å². The Hall–Kier alpha value is -2.31. The Kier molecular flexibility index (Phi) is 5.88. The molecule has 0 saturated carbocycles. The lowest BCUT2D eigenvalue weighted by Crippen LogP contribution is -2.33. The van der Waals surface area contributed by atoms with Crippen LogP contribution in [0.4, 0.5) is 18.9 Å². The van der Waals surface area contributed by atoms with E-state index in [9.17, 15) is 21.6 Å². The van der Waals surface area contributed by atoms with E-state index in [4.69, 9.17) is 4.74 Å². The van der Waals surface area contributed by atoms with E-state index in [2.05, 4.69) is 15.0 Å². The molecule has 1 aromatic heterocycles. The molecule has 4 rings (SSSR count). The first-order chi connectivity index (χ1) is 14.6. The molecule has 170 valence electrons. The average Bonchev–Trinajstić information content (AvgIpc) is 3.41. The van der Waals surface area contributed by atoms with Gasteiger partial charge < -0.3 is 19.4 Å². The summed E-state index contributed by atoms with van der Waals surface area (Å²) in [6.07, 6.45) is -1.12. The van der Waals surface area contributed by atoms with Crippen LogP contribution in [0.5, 0.6) is 5.75 Å². The minimum Gasteiger partial charge on any atom is -0.406 e. The zero-order valence-corrected chi connectivity index (χ0v) is 17.6. The third-order valence-electron chi connectivity index (χ3n) is 5.61. The van der Waals surface area contributed by atoms with Gasteiger partial charge >= 0.3 is 6.36 Å². The van der Waals surface area contributed by atoms with Crippen LogP contribution in [0.2, 0.25) is 0 Å². The highest BCUT2D eigenvalue weighted by Crippen LogP contribution is 2.35. The minimum atomic E-state index is -4.79. The monoisotopic (exact) mass is 460 g/mol. The van der Waals surface area contributed by atoms with Crippen molar-refractivity contribution in [1.82, 2.24) is 13.9 Å². The number of imidazole rings is 1. The number of hydrogen-bond acceptors (Lipinski definition) is 6. The number of rotatable bonds is 6. The van der Waals surface area contributed by atoms with Gasteiger partial charge in [-0.2, -0.15) is 4.31 Å². The molecule has 2 aromatic rings. The number of sulfonamides is 1. The van der Waals surface area contributed by atoms with Gasteiger partial charge in [-0.1, -0.05) is 6.07 Å². The van der Waals surface area contributed by atoms with Crippen molar-refractivity contribution < 1.29 is 31.1 Å². The van der Waals surface area contributed by atoms with Crippen LogP contribution < -0.4 is 10.1 Å². The van der Waals surface area contributed by atoms with Gasteiger partial charge in [0.25, 0.3) is 10.0 Å². The van der Waals surface area contributed by atoms with Crippen LogP contribution in [-0.2, 0) is 21.8 Å². The Morgan fingerprint density at radius 3 is 2.74 bits per heavy atom. The molecule has 2 aliphatic heterocycles. The number of anilines is 1. The molecule has 3 heterocycles. The number of aromatic nitrogens is 2. The summed E-state index contributed by atoms with van der Waals surface area (Å²) in [4.78, 5) is 3.97.